The van der Waals surface area contributed by atoms with E-state index >= 15 is 0 Å². The second kappa shape index (κ2) is 4.96. The van der Waals surface area contributed by atoms with Gasteiger partial charge in [0.1, 0.15) is 0 Å². The van der Waals surface area contributed by atoms with Gasteiger partial charge in [0.05, 0.1) is 6.04 Å². The topological polar surface area (TPSA) is 85.8 Å². The Morgan fingerprint density at radius 3 is 2.28 bits per heavy atom. The number of carbonyl (C=O) groups is 1. The molecule has 0 amide bonds. The Labute approximate surface area is 108 Å². The highest BCUT2D eigenvalue weighted by Gasteiger charge is 2.32. The molecule has 1 aromatic heterocycles. The molecule has 1 aromatic rings. The van der Waals surface area contributed by atoms with Crippen molar-refractivity contribution in [1.82, 2.24) is 14.8 Å². The van der Waals surface area contributed by atoms with Crippen molar-refractivity contribution in [3.63, 3.8) is 0 Å². The number of hydrogen-bond donors (Lipinski definition) is 2. The van der Waals surface area contributed by atoms with Crippen molar-refractivity contribution < 1.29 is 4.79 Å². The smallest absolute Gasteiger partial charge is 0.244 e. The lowest BCUT2D eigenvalue weighted by Gasteiger charge is -2.27. The highest BCUT2D eigenvalue weighted by Crippen LogP contribution is 2.22. The average molecular weight is 253 g/mol. The predicted octanol–water partition coefficient (Wildman–Crippen LogP) is 1.45. The van der Waals surface area contributed by atoms with Crippen molar-refractivity contribution in [3.05, 3.63) is 0 Å². The Balaban J connectivity index is 2.91. The van der Waals surface area contributed by atoms with Gasteiger partial charge in [0.2, 0.25) is 11.9 Å². The molecule has 0 aromatic carbocycles. The molecular formula is C12H23N5O. The summed E-state index contributed by atoms with van der Waals surface area (Å²) in [5.41, 5.74) is 5.22. The minimum Gasteiger partial charge on any atom is -0.368 e. The van der Waals surface area contributed by atoms with Gasteiger partial charge in [-0.1, -0.05) is 34.6 Å². The van der Waals surface area contributed by atoms with Gasteiger partial charge in [0.15, 0.2) is 5.78 Å². The summed E-state index contributed by atoms with van der Waals surface area (Å²) >= 11 is 0. The summed E-state index contributed by atoms with van der Waals surface area (Å²) in [6, 6.07) is -0.313. The molecule has 0 aliphatic carbocycles. The molecule has 6 heteroatoms. The maximum absolute atomic E-state index is 12.3. The minimum absolute atomic E-state index is 0.142. The number of nitrogens with one attached hydrogen (secondary N) is 1. The number of aromatic nitrogens is 3. The van der Waals surface area contributed by atoms with E-state index in [2.05, 4.69) is 15.4 Å². The Morgan fingerprint density at radius 2 is 1.94 bits per heavy atom. The number of hydrogen-bond acceptors (Lipinski definition) is 5. The van der Waals surface area contributed by atoms with Crippen LogP contribution in [0.1, 0.15) is 34.6 Å². The summed E-state index contributed by atoms with van der Waals surface area (Å²) < 4.78 is 1.47. The lowest BCUT2D eigenvalue weighted by atomic mass is 9.82. The maximum atomic E-state index is 12.3. The number of Topliss-reactive ketones (excluding diaryl/α,β-unsaturated/α-hetero) is 1. The average Bonchev–Trinajstić information content (AvgIpc) is 2.52. The van der Waals surface area contributed by atoms with Gasteiger partial charge in [-0.3, -0.25) is 4.79 Å². The summed E-state index contributed by atoms with van der Waals surface area (Å²) in [5.74, 6) is 1.01. The molecule has 0 bridgehead atoms. The Kier molecular flexibility index (Phi) is 3.98. The van der Waals surface area contributed by atoms with E-state index in [4.69, 9.17) is 5.73 Å². The number of ketones is 1. The number of nitrogens with zero attached hydrogens (tertiary/aromatic N) is 3. The van der Waals surface area contributed by atoms with Crippen molar-refractivity contribution in [2.24, 2.45) is 18.4 Å². The van der Waals surface area contributed by atoms with Gasteiger partial charge in [0, 0.05) is 12.5 Å². The highest BCUT2D eigenvalue weighted by molar-refractivity contribution is 5.90. The zero-order valence-electron chi connectivity index (χ0n) is 12.0. The van der Waals surface area contributed by atoms with Gasteiger partial charge < -0.3 is 11.1 Å². The van der Waals surface area contributed by atoms with E-state index in [1.54, 1.807) is 7.05 Å². The normalized spacial score (nSPS) is 13.7. The molecule has 3 N–H and O–H groups in total. The first-order chi connectivity index (χ1) is 8.12. The first-order valence-electron chi connectivity index (χ1n) is 6.10. The number of nitrogen functional groups attached to an aromatic ring is 1. The van der Waals surface area contributed by atoms with Crippen LogP contribution in [0.15, 0.2) is 0 Å². The van der Waals surface area contributed by atoms with E-state index in [1.807, 2.05) is 34.6 Å². The van der Waals surface area contributed by atoms with E-state index in [0.717, 1.165) is 0 Å². The van der Waals surface area contributed by atoms with E-state index < -0.39 is 5.41 Å². The van der Waals surface area contributed by atoms with Gasteiger partial charge >= 0.3 is 0 Å². The van der Waals surface area contributed by atoms with Crippen molar-refractivity contribution in [3.8, 4) is 0 Å². The molecule has 0 aliphatic rings. The lowest BCUT2D eigenvalue weighted by molar-refractivity contribution is -0.127. The SMILES string of the molecule is CC(C)[C@H](Nc1nc(N)n(C)n1)C(=O)C(C)(C)C. The number of anilines is 2. The molecule has 0 radical (unpaired) electrons. The van der Waals surface area contributed by atoms with Gasteiger partial charge in [-0.25, -0.2) is 4.68 Å². The minimum atomic E-state index is -0.401. The van der Waals surface area contributed by atoms with Crippen LogP contribution in [0.4, 0.5) is 11.9 Å². The fraction of sp³-hybridized carbons (Fsp3) is 0.750. The molecule has 0 saturated carbocycles. The molecule has 1 rings (SSSR count). The summed E-state index contributed by atoms with van der Waals surface area (Å²) in [6.45, 7) is 9.72. The second-order valence-corrected chi connectivity index (χ2v) is 5.90. The van der Waals surface area contributed by atoms with E-state index in [9.17, 15) is 4.79 Å². The van der Waals surface area contributed by atoms with Crippen molar-refractivity contribution in [2.75, 3.05) is 11.1 Å². The standard InChI is InChI=1S/C12H23N5O/c1-7(2)8(9(18)12(3,4)5)14-11-15-10(13)17(6)16-11/h7-8H,1-6H3,(H3,13,14,15,16)/t8-/m0/s1. The van der Waals surface area contributed by atoms with E-state index in [1.165, 1.54) is 4.68 Å². The molecular weight excluding hydrogens is 230 g/mol. The highest BCUT2D eigenvalue weighted by atomic mass is 16.1. The molecule has 6 nitrogen and oxygen atoms in total. The largest absolute Gasteiger partial charge is 0.368 e. The van der Waals surface area contributed by atoms with Gasteiger partial charge in [-0.2, -0.15) is 4.98 Å². The Bertz CT molecular complexity index is 411. The zero-order valence-corrected chi connectivity index (χ0v) is 12.0. The van der Waals surface area contributed by atoms with Crippen LogP contribution in [0.5, 0.6) is 0 Å². The third-order valence-corrected chi connectivity index (χ3v) is 2.77. The molecule has 0 saturated heterocycles. The van der Waals surface area contributed by atoms with Crippen LogP contribution in [0.2, 0.25) is 0 Å². The Morgan fingerprint density at radius 1 is 1.39 bits per heavy atom. The quantitative estimate of drug-likeness (QED) is 0.848. The molecule has 1 heterocycles. The fourth-order valence-electron chi connectivity index (χ4n) is 1.60. The van der Waals surface area contributed by atoms with Crippen LogP contribution in [-0.2, 0) is 11.8 Å². The number of rotatable bonds is 4. The summed E-state index contributed by atoms with van der Waals surface area (Å²) in [7, 11) is 1.71. The molecule has 0 fully saturated rings. The van der Waals surface area contributed by atoms with Crippen LogP contribution in [-0.4, -0.2) is 26.6 Å². The molecule has 18 heavy (non-hydrogen) atoms. The van der Waals surface area contributed by atoms with E-state index in [-0.39, 0.29) is 17.7 Å². The predicted molar refractivity (Wildman–Crippen MR) is 72.1 cm³/mol. The van der Waals surface area contributed by atoms with Gasteiger partial charge in [-0.15, -0.1) is 5.10 Å². The third-order valence-electron chi connectivity index (χ3n) is 2.77. The molecule has 0 spiro atoms. The first-order valence-corrected chi connectivity index (χ1v) is 6.10. The number of nitrogens with two attached hydrogens (primary N) is 1. The summed E-state index contributed by atoms with van der Waals surface area (Å²) in [4.78, 5) is 16.4. The summed E-state index contributed by atoms with van der Waals surface area (Å²) in [5, 5.41) is 7.19. The van der Waals surface area contributed by atoms with Crippen molar-refractivity contribution in [1.29, 1.82) is 0 Å². The van der Waals surface area contributed by atoms with Crippen LogP contribution in [0, 0.1) is 11.3 Å². The van der Waals surface area contributed by atoms with Gasteiger partial charge in [0.25, 0.3) is 0 Å². The van der Waals surface area contributed by atoms with E-state index in [0.29, 0.717) is 11.9 Å². The Hall–Kier alpha value is -1.59. The molecule has 0 aliphatic heterocycles. The van der Waals surface area contributed by atoms with Crippen molar-refractivity contribution in [2.45, 2.75) is 40.7 Å². The van der Waals surface area contributed by atoms with Crippen molar-refractivity contribution >= 4 is 17.7 Å². The monoisotopic (exact) mass is 253 g/mol. The van der Waals surface area contributed by atoms with Gasteiger partial charge in [-0.05, 0) is 5.92 Å². The molecule has 102 valence electrons. The second-order valence-electron chi connectivity index (χ2n) is 5.90. The number of carbonyl (C=O) groups excluding carboxylic acids is 1. The lowest BCUT2D eigenvalue weighted by Crippen LogP contribution is -2.41. The number of aryl methyl sites for hydroxylation is 1. The summed E-state index contributed by atoms with van der Waals surface area (Å²) in [6.07, 6.45) is 0. The van der Waals surface area contributed by atoms with Crippen LogP contribution < -0.4 is 11.1 Å². The molecule has 0 unspecified atom stereocenters. The fourth-order valence-corrected chi connectivity index (χ4v) is 1.60. The van der Waals surface area contributed by atoms with Crippen LogP contribution in [0.3, 0.4) is 0 Å². The first kappa shape index (κ1) is 14.5. The maximum Gasteiger partial charge on any atom is 0.244 e. The van der Waals surface area contributed by atoms with Crippen LogP contribution >= 0.6 is 0 Å². The molecule has 1 atom stereocenters. The third kappa shape index (κ3) is 3.21. The zero-order chi connectivity index (χ0) is 14.1. The van der Waals surface area contributed by atoms with Crippen LogP contribution in [0.25, 0.3) is 0 Å².